The highest BCUT2D eigenvalue weighted by molar-refractivity contribution is 6.34. The zero-order valence-electron chi connectivity index (χ0n) is 13.7. The Labute approximate surface area is 145 Å². The number of fused-ring (bicyclic) bond motifs is 1. The van der Waals surface area contributed by atoms with Gasteiger partial charge in [-0.25, -0.2) is 0 Å². The second kappa shape index (κ2) is 7.88. The van der Waals surface area contributed by atoms with Gasteiger partial charge in [-0.3, -0.25) is 9.59 Å². The van der Waals surface area contributed by atoms with Crippen LogP contribution >= 0.6 is 11.6 Å². The molecule has 0 atom stereocenters. The summed E-state index contributed by atoms with van der Waals surface area (Å²) in [5, 5.41) is 7.45. The van der Waals surface area contributed by atoms with E-state index in [1.165, 1.54) is 13.0 Å². The van der Waals surface area contributed by atoms with E-state index in [1.807, 2.05) is 25.1 Å². The van der Waals surface area contributed by atoms with Crippen molar-refractivity contribution in [2.45, 2.75) is 26.8 Å². The minimum atomic E-state index is -0.0982. The van der Waals surface area contributed by atoms with Crippen LogP contribution in [0.4, 0.5) is 5.69 Å². The minimum absolute atomic E-state index is 0.00165. The summed E-state index contributed by atoms with van der Waals surface area (Å²) in [6.07, 6.45) is 1.83. The monoisotopic (exact) mass is 348 g/mol. The van der Waals surface area contributed by atoms with Crippen LogP contribution < -0.4 is 16.4 Å². The van der Waals surface area contributed by atoms with Crippen molar-refractivity contribution in [1.82, 2.24) is 10.3 Å². The normalized spacial score (nSPS) is 11.5. The standard InChI is InChI=1S/C17H21ClN4O2/c1-3-17(24)21-9-13-5-11-6-14(18)16(7-15(11)22-13)20-8-12(19)4-10(2)23/h4-7,20,22H,3,8-9,19H2,1-2H3,(H,21,24)/b12-4-. The number of carbonyl (C=O) groups is 2. The highest BCUT2D eigenvalue weighted by atomic mass is 35.5. The first-order valence-electron chi connectivity index (χ1n) is 7.67. The summed E-state index contributed by atoms with van der Waals surface area (Å²) >= 11 is 6.28. The topological polar surface area (TPSA) is 100 Å². The number of anilines is 1. The molecule has 7 heteroatoms. The molecule has 0 unspecified atom stereocenters. The molecule has 0 saturated heterocycles. The highest BCUT2D eigenvalue weighted by Gasteiger charge is 2.07. The molecule has 1 aromatic heterocycles. The number of amides is 1. The van der Waals surface area contributed by atoms with Crippen LogP contribution in [0.25, 0.3) is 10.9 Å². The number of carbonyl (C=O) groups excluding carboxylic acids is 2. The van der Waals surface area contributed by atoms with E-state index in [0.29, 0.717) is 30.2 Å². The number of ketones is 1. The lowest BCUT2D eigenvalue weighted by atomic mass is 10.2. The average molecular weight is 349 g/mol. The first kappa shape index (κ1) is 17.9. The van der Waals surface area contributed by atoms with Gasteiger partial charge in [0.2, 0.25) is 5.91 Å². The number of nitrogens with two attached hydrogens (primary N) is 1. The van der Waals surface area contributed by atoms with Crippen molar-refractivity contribution in [3.63, 3.8) is 0 Å². The lowest BCUT2D eigenvalue weighted by Crippen LogP contribution is -2.21. The Hall–Kier alpha value is -2.47. The van der Waals surface area contributed by atoms with E-state index in [4.69, 9.17) is 17.3 Å². The molecule has 0 spiro atoms. The van der Waals surface area contributed by atoms with Gasteiger partial charge in [0.05, 0.1) is 23.8 Å². The number of hydrogen-bond acceptors (Lipinski definition) is 4. The third kappa shape index (κ3) is 4.76. The van der Waals surface area contributed by atoms with Gasteiger partial charge in [-0.2, -0.15) is 0 Å². The fourth-order valence-electron chi connectivity index (χ4n) is 2.27. The van der Waals surface area contributed by atoms with Crippen molar-refractivity contribution in [1.29, 1.82) is 0 Å². The third-order valence-corrected chi connectivity index (χ3v) is 3.75. The number of rotatable bonds is 7. The average Bonchev–Trinajstić information content (AvgIpc) is 2.91. The summed E-state index contributed by atoms with van der Waals surface area (Å²) < 4.78 is 0. The van der Waals surface area contributed by atoms with E-state index < -0.39 is 0 Å². The molecule has 2 rings (SSSR count). The Morgan fingerprint density at radius 3 is 2.75 bits per heavy atom. The Kier molecular flexibility index (Phi) is 5.87. The van der Waals surface area contributed by atoms with Gasteiger partial charge in [-0.05, 0) is 25.1 Å². The predicted molar refractivity (Wildman–Crippen MR) is 96.9 cm³/mol. The van der Waals surface area contributed by atoms with Gasteiger partial charge in [0.25, 0.3) is 0 Å². The Morgan fingerprint density at radius 2 is 2.08 bits per heavy atom. The molecule has 0 radical (unpaired) electrons. The molecule has 24 heavy (non-hydrogen) atoms. The smallest absolute Gasteiger partial charge is 0.220 e. The maximum absolute atomic E-state index is 11.3. The Bertz CT molecular complexity index is 795. The van der Waals surface area contributed by atoms with E-state index in [1.54, 1.807) is 0 Å². The van der Waals surface area contributed by atoms with Gasteiger partial charge >= 0.3 is 0 Å². The molecule has 0 fully saturated rings. The molecular weight excluding hydrogens is 328 g/mol. The predicted octanol–water partition coefficient (Wildman–Crippen LogP) is 2.69. The molecule has 1 aromatic carbocycles. The summed E-state index contributed by atoms with van der Waals surface area (Å²) in [4.78, 5) is 25.6. The van der Waals surface area contributed by atoms with Crippen LogP contribution in [0.15, 0.2) is 30.0 Å². The molecule has 2 aromatic rings. The fourth-order valence-corrected chi connectivity index (χ4v) is 2.51. The van der Waals surface area contributed by atoms with Crippen LogP contribution in [-0.4, -0.2) is 23.2 Å². The molecule has 0 aliphatic heterocycles. The van der Waals surface area contributed by atoms with Gasteiger partial charge < -0.3 is 21.4 Å². The lowest BCUT2D eigenvalue weighted by molar-refractivity contribution is -0.121. The maximum atomic E-state index is 11.3. The molecule has 128 valence electrons. The largest absolute Gasteiger partial charge is 0.400 e. The van der Waals surface area contributed by atoms with Crippen molar-refractivity contribution in [3.8, 4) is 0 Å². The molecule has 6 nitrogen and oxygen atoms in total. The second-order valence-electron chi connectivity index (χ2n) is 5.53. The summed E-state index contributed by atoms with van der Waals surface area (Å²) in [6, 6.07) is 5.67. The molecule has 0 saturated carbocycles. The summed E-state index contributed by atoms with van der Waals surface area (Å²) in [5.41, 5.74) is 8.71. The summed E-state index contributed by atoms with van der Waals surface area (Å²) in [7, 11) is 0. The molecule has 0 aliphatic rings. The fraction of sp³-hybridized carbons (Fsp3) is 0.294. The van der Waals surface area contributed by atoms with Crippen LogP contribution in [0, 0.1) is 0 Å². The van der Waals surface area contributed by atoms with Gasteiger partial charge in [0, 0.05) is 34.8 Å². The van der Waals surface area contributed by atoms with Gasteiger partial charge in [0.1, 0.15) is 0 Å². The van der Waals surface area contributed by atoms with Crippen molar-refractivity contribution in [2.75, 3.05) is 11.9 Å². The third-order valence-electron chi connectivity index (χ3n) is 3.43. The lowest BCUT2D eigenvalue weighted by Gasteiger charge is -2.08. The molecule has 0 bridgehead atoms. The highest BCUT2D eigenvalue weighted by Crippen LogP contribution is 2.28. The quantitative estimate of drug-likeness (QED) is 0.578. The van der Waals surface area contributed by atoms with Gasteiger partial charge in [0.15, 0.2) is 5.78 Å². The number of aromatic amines is 1. The van der Waals surface area contributed by atoms with E-state index in [0.717, 1.165) is 22.3 Å². The van der Waals surface area contributed by atoms with Crippen molar-refractivity contribution < 1.29 is 9.59 Å². The maximum Gasteiger partial charge on any atom is 0.220 e. The number of nitrogens with one attached hydrogen (secondary N) is 3. The number of halogens is 1. The van der Waals surface area contributed by atoms with Crippen molar-refractivity contribution in [2.24, 2.45) is 5.73 Å². The number of H-pyrrole nitrogens is 1. The molecule has 5 N–H and O–H groups in total. The minimum Gasteiger partial charge on any atom is -0.400 e. The van der Waals surface area contributed by atoms with Crippen molar-refractivity contribution in [3.05, 3.63) is 40.7 Å². The van der Waals surface area contributed by atoms with Gasteiger partial charge in [-0.1, -0.05) is 18.5 Å². The number of allylic oxidation sites excluding steroid dienone is 1. The van der Waals surface area contributed by atoms with E-state index in [9.17, 15) is 9.59 Å². The molecule has 1 heterocycles. The first-order valence-corrected chi connectivity index (χ1v) is 8.05. The molecule has 1 amide bonds. The number of aromatic nitrogens is 1. The van der Waals surface area contributed by atoms with E-state index in [2.05, 4.69) is 15.6 Å². The molecule has 0 aliphatic carbocycles. The van der Waals surface area contributed by atoms with Crippen LogP contribution in [0.1, 0.15) is 26.0 Å². The number of hydrogen-bond donors (Lipinski definition) is 4. The van der Waals surface area contributed by atoms with Crippen LogP contribution in [0.3, 0.4) is 0 Å². The van der Waals surface area contributed by atoms with Crippen LogP contribution in [0.5, 0.6) is 0 Å². The second-order valence-corrected chi connectivity index (χ2v) is 5.93. The Morgan fingerprint density at radius 1 is 1.33 bits per heavy atom. The van der Waals surface area contributed by atoms with Gasteiger partial charge in [-0.15, -0.1) is 0 Å². The zero-order valence-corrected chi connectivity index (χ0v) is 14.5. The van der Waals surface area contributed by atoms with E-state index in [-0.39, 0.29) is 11.7 Å². The van der Waals surface area contributed by atoms with Crippen LogP contribution in [-0.2, 0) is 16.1 Å². The number of benzene rings is 1. The summed E-state index contributed by atoms with van der Waals surface area (Å²) in [5.74, 6) is -0.0965. The van der Waals surface area contributed by atoms with Crippen LogP contribution in [0.2, 0.25) is 5.02 Å². The van der Waals surface area contributed by atoms with Crippen molar-refractivity contribution >= 4 is 39.9 Å². The molecular formula is C17H21ClN4O2. The van der Waals surface area contributed by atoms with E-state index >= 15 is 0 Å². The zero-order chi connectivity index (χ0) is 17.7. The summed E-state index contributed by atoms with van der Waals surface area (Å²) in [6.45, 7) is 4.02. The Balaban J connectivity index is 2.13. The SMILES string of the molecule is CCC(=O)NCc1cc2cc(Cl)c(NC/C(N)=C/C(C)=O)cc2[nH]1. The first-order chi connectivity index (χ1) is 11.4.